The second kappa shape index (κ2) is 4.31. The Morgan fingerprint density at radius 1 is 1.19 bits per heavy atom. The number of hydrogen-bond acceptors (Lipinski definition) is 1. The molecule has 0 amide bonds. The predicted molar refractivity (Wildman–Crippen MR) is 66.2 cm³/mol. The molecule has 84 valence electrons. The fourth-order valence-corrected chi connectivity index (χ4v) is 2.14. The molecule has 1 N–H and O–H groups in total. The predicted octanol–water partition coefficient (Wildman–Crippen LogP) is 2.96. The van der Waals surface area contributed by atoms with Crippen molar-refractivity contribution in [2.24, 2.45) is 0 Å². The van der Waals surface area contributed by atoms with Crippen LogP contribution in [0, 0.1) is 25.7 Å². The number of rotatable bonds is 0. The molecule has 1 nitrogen and oxygen atoms in total. The lowest BCUT2D eigenvalue weighted by Crippen LogP contribution is -2.20. The normalized spacial score (nSPS) is 17.9. The Morgan fingerprint density at radius 2 is 1.88 bits per heavy atom. The number of aryl methyl sites for hydroxylation is 2. The summed E-state index contributed by atoms with van der Waals surface area (Å²) in [6.45, 7) is 4.12. The average molecular weight is 214 g/mol. The Morgan fingerprint density at radius 3 is 2.56 bits per heavy atom. The summed E-state index contributed by atoms with van der Waals surface area (Å²) < 4.78 is 0. The lowest BCUT2D eigenvalue weighted by molar-refractivity contribution is 0.110. The first-order chi connectivity index (χ1) is 7.59. The van der Waals surface area contributed by atoms with Crippen molar-refractivity contribution in [3.05, 3.63) is 34.9 Å². The molecule has 1 aromatic carbocycles. The molecule has 0 aromatic heterocycles. The van der Waals surface area contributed by atoms with E-state index in [4.69, 9.17) is 0 Å². The number of hydrogen-bond donors (Lipinski definition) is 1. The molecule has 1 heteroatoms. The molecule has 0 unspecified atom stereocenters. The number of benzene rings is 1. The van der Waals surface area contributed by atoms with Crippen LogP contribution >= 0.6 is 0 Å². The molecular weight excluding hydrogens is 196 g/mol. The van der Waals surface area contributed by atoms with Crippen molar-refractivity contribution in [1.29, 1.82) is 0 Å². The molecule has 0 saturated heterocycles. The summed E-state index contributed by atoms with van der Waals surface area (Å²) in [4.78, 5) is 0. The molecule has 0 bridgehead atoms. The van der Waals surface area contributed by atoms with E-state index < -0.39 is 5.60 Å². The maximum atomic E-state index is 10.1. The van der Waals surface area contributed by atoms with Gasteiger partial charge < -0.3 is 5.11 Å². The van der Waals surface area contributed by atoms with Crippen LogP contribution in [0.4, 0.5) is 0 Å². The largest absolute Gasteiger partial charge is 0.378 e. The molecule has 1 fully saturated rings. The minimum atomic E-state index is -0.726. The molecule has 1 aliphatic carbocycles. The molecule has 1 aromatic rings. The summed E-state index contributed by atoms with van der Waals surface area (Å²) in [5.74, 6) is 6.18. The zero-order chi connectivity index (χ0) is 11.6. The van der Waals surface area contributed by atoms with Crippen LogP contribution in [0.15, 0.2) is 18.2 Å². The van der Waals surface area contributed by atoms with Crippen molar-refractivity contribution in [3.63, 3.8) is 0 Å². The Hall–Kier alpha value is -1.26. The summed E-state index contributed by atoms with van der Waals surface area (Å²) >= 11 is 0. The molecule has 16 heavy (non-hydrogen) atoms. The standard InChI is InChI=1S/C15H18O/c1-12-5-6-13(2)14(11-12)7-10-15(16)8-3-4-9-15/h5-6,11,16H,3-4,8-9H2,1-2H3. The van der Waals surface area contributed by atoms with Gasteiger partial charge in [-0.2, -0.15) is 0 Å². The first kappa shape index (κ1) is 11.2. The van der Waals surface area contributed by atoms with Crippen LogP contribution in [0.3, 0.4) is 0 Å². The van der Waals surface area contributed by atoms with Gasteiger partial charge >= 0.3 is 0 Å². The second-order valence-corrected chi connectivity index (χ2v) is 4.81. The molecule has 1 saturated carbocycles. The van der Waals surface area contributed by atoms with Crippen molar-refractivity contribution in [2.75, 3.05) is 0 Å². The maximum Gasteiger partial charge on any atom is 0.125 e. The van der Waals surface area contributed by atoms with Gasteiger partial charge in [0.1, 0.15) is 5.60 Å². The van der Waals surface area contributed by atoms with E-state index in [9.17, 15) is 5.11 Å². The third-order valence-corrected chi connectivity index (χ3v) is 3.25. The highest BCUT2D eigenvalue weighted by Crippen LogP contribution is 2.28. The highest BCUT2D eigenvalue weighted by Gasteiger charge is 2.28. The third kappa shape index (κ3) is 2.46. The van der Waals surface area contributed by atoms with Crippen molar-refractivity contribution >= 4 is 0 Å². The van der Waals surface area contributed by atoms with Crippen molar-refractivity contribution in [2.45, 2.75) is 45.1 Å². The summed E-state index contributed by atoms with van der Waals surface area (Å²) in [6.07, 6.45) is 3.84. The molecule has 2 rings (SSSR count). The SMILES string of the molecule is Cc1ccc(C)c(C#CC2(O)CCCC2)c1. The Balaban J connectivity index is 2.26. The number of aliphatic hydroxyl groups is 1. The van der Waals surface area contributed by atoms with Crippen LogP contribution in [-0.4, -0.2) is 10.7 Å². The Kier molecular flexibility index (Phi) is 3.03. The van der Waals surface area contributed by atoms with E-state index in [0.717, 1.165) is 31.2 Å². The summed E-state index contributed by atoms with van der Waals surface area (Å²) in [7, 11) is 0. The van der Waals surface area contributed by atoms with Crippen molar-refractivity contribution in [1.82, 2.24) is 0 Å². The van der Waals surface area contributed by atoms with Crippen LogP contribution < -0.4 is 0 Å². The van der Waals surface area contributed by atoms with Gasteiger partial charge in [-0.15, -0.1) is 0 Å². The van der Waals surface area contributed by atoms with Crippen LogP contribution in [0.2, 0.25) is 0 Å². The average Bonchev–Trinajstić information content (AvgIpc) is 2.67. The van der Waals surface area contributed by atoms with E-state index in [1.807, 2.05) is 0 Å². The molecule has 0 atom stereocenters. The summed E-state index contributed by atoms with van der Waals surface area (Å²) in [6, 6.07) is 6.25. The minimum Gasteiger partial charge on any atom is -0.378 e. The molecule has 0 heterocycles. The highest BCUT2D eigenvalue weighted by atomic mass is 16.3. The monoisotopic (exact) mass is 214 g/mol. The van der Waals surface area contributed by atoms with E-state index in [-0.39, 0.29) is 0 Å². The van der Waals surface area contributed by atoms with E-state index in [1.54, 1.807) is 0 Å². The van der Waals surface area contributed by atoms with Gasteiger partial charge in [-0.25, -0.2) is 0 Å². The second-order valence-electron chi connectivity index (χ2n) is 4.81. The van der Waals surface area contributed by atoms with Crippen LogP contribution in [0.1, 0.15) is 42.4 Å². The first-order valence-electron chi connectivity index (χ1n) is 5.92. The van der Waals surface area contributed by atoms with Crippen molar-refractivity contribution in [3.8, 4) is 11.8 Å². The zero-order valence-electron chi connectivity index (χ0n) is 10.0. The first-order valence-corrected chi connectivity index (χ1v) is 5.92. The van der Waals surface area contributed by atoms with Crippen LogP contribution in [0.5, 0.6) is 0 Å². The minimum absolute atomic E-state index is 0.726. The topological polar surface area (TPSA) is 20.2 Å². The van der Waals surface area contributed by atoms with E-state index in [0.29, 0.717) is 0 Å². The summed E-state index contributed by atoms with van der Waals surface area (Å²) in [5.41, 5.74) is 2.71. The molecule has 1 aliphatic rings. The maximum absolute atomic E-state index is 10.1. The lowest BCUT2D eigenvalue weighted by atomic mass is 10.0. The molecule has 0 radical (unpaired) electrons. The fourth-order valence-electron chi connectivity index (χ4n) is 2.14. The highest BCUT2D eigenvalue weighted by molar-refractivity contribution is 5.44. The summed E-state index contributed by atoms with van der Waals surface area (Å²) in [5, 5.41) is 10.1. The van der Waals surface area contributed by atoms with Crippen molar-refractivity contribution < 1.29 is 5.11 Å². The van der Waals surface area contributed by atoms with Gasteiger partial charge in [-0.3, -0.25) is 0 Å². The Bertz CT molecular complexity index is 442. The van der Waals surface area contributed by atoms with Gasteiger partial charge in [0.25, 0.3) is 0 Å². The van der Waals surface area contributed by atoms with Crippen LogP contribution in [0.25, 0.3) is 0 Å². The lowest BCUT2D eigenvalue weighted by Gasteiger charge is -2.13. The molecule has 0 aliphatic heterocycles. The zero-order valence-corrected chi connectivity index (χ0v) is 10.0. The van der Waals surface area contributed by atoms with Gasteiger partial charge in [0.05, 0.1) is 0 Å². The van der Waals surface area contributed by atoms with Gasteiger partial charge in [-0.1, -0.05) is 24.0 Å². The molecular formula is C15H18O. The van der Waals surface area contributed by atoms with Gasteiger partial charge in [-0.05, 0) is 56.7 Å². The van der Waals surface area contributed by atoms with Gasteiger partial charge in [0, 0.05) is 5.56 Å². The van der Waals surface area contributed by atoms with E-state index >= 15 is 0 Å². The Labute approximate surface area is 97.5 Å². The molecule has 0 spiro atoms. The van der Waals surface area contributed by atoms with Crippen LogP contribution in [-0.2, 0) is 0 Å². The smallest absolute Gasteiger partial charge is 0.125 e. The third-order valence-electron chi connectivity index (χ3n) is 3.25. The fraction of sp³-hybridized carbons (Fsp3) is 0.467. The van der Waals surface area contributed by atoms with E-state index in [1.165, 1.54) is 11.1 Å². The van der Waals surface area contributed by atoms with Gasteiger partial charge in [0.15, 0.2) is 0 Å². The van der Waals surface area contributed by atoms with E-state index in [2.05, 4.69) is 43.9 Å². The van der Waals surface area contributed by atoms with Gasteiger partial charge in [0.2, 0.25) is 0 Å². The quantitative estimate of drug-likeness (QED) is 0.658.